The third-order valence-corrected chi connectivity index (χ3v) is 5.17. The fourth-order valence-corrected chi connectivity index (χ4v) is 2.78. The molecule has 0 aromatic heterocycles. The van der Waals surface area contributed by atoms with Gasteiger partial charge in [-0.3, -0.25) is 4.79 Å². The topological polar surface area (TPSA) is 55.1 Å². The van der Waals surface area contributed by atoms with Gasteiger partial charge in [0.05, 0.1) is 5.41 Å². The van der Waals surface area contributed by atoms with Gasteiger partial charge in [0.15, 0.2) is 0 Å². The standard InChI is InChI=1S/C16H32N2O/c1-11(2)12-9-7-8-10-13(12)18-14(19)15(3,4)16(5,6)17/h11-13H,7-10,17H2,1-6H3,(H,18,19). The normalized spacial score (nSPS) is 25.5. The van der Waals surface area contributed by atoms with E-state index in [1.807, 2.05) is 27.7 Å². The molecule has 1 rings (SSSR count). The van der Waals surface area contributed by atoms with Gasteiger partial charge in [-0.25, -0.2) is 0 Å². The van der Waals surface area contributed by atoms with Crippen LogP contribution in [0.4, 0.5) is 0 Å². The fourth-order valence-electron chi connectivity index (χ4n) is 2.78. The number of nitrogens with one attached hydrogen (secondary N) is 1. The van der Waals surface area contributed by atoms with E-state index >= 15 is 0 Å². The Morgan fingerprint density at radius 1 is 1.16 bits per heavy atom. The summed E-state index contributed by atoms with van der Waals surface area (Å²) in [7, 11) is 0. The molecule has 2 unspecified atom stereocenters. The first-order chi connectivity index (χ1) is 8.57. The molecular formula is C16H32N2O. The first kappa shape index (κ1) is 16.5. The number of hydrogen-bond donors (Lipinski definition) is 2. The molecule has 0 bridgehead atoms. The summed E-state index contributed by atoms with van der Waals surface area (Å²) >= 11 is 0. The van der Waals surface area contributed by atoms with Gasteiger partial charge in [-0.2, -0.15) is 0 Å². The van der Waals surface area contributed by atoms with Crippen molar-refractivity contribution in [1.82, 2.24) is 5.32 Å². The van der Waals surface area contributed by atoms with Gasteiger partial charge < -0.3 is 11.1 Å². The van der Waals surface area contributed by atoms with Gasteiger partial charge in [-0.15, -0.1) is 0 Å². The van der Waals surface area contributed by atoms with Crippen LogP contribution in [0.2, 0.25) is 0 Å². The van der Waals surface area contributed by atoms with Gasteiger partial charge in [-0.1, -0.05) is 26.7 Å². The van der Waals surface area contributed by atoms with Gasteiger partial charge in [0, 0.05) is 11.6 Å². The summed E-state index contributed by atoms with van der Waals surface area (Å²) < 4.78 is 0. The summed E-state index contributed by atoms with van der Waals surface area (Å²) in [6.07, 6.45) is 4.85. The van der Waals surface area contributed by atoms with Crippen LogP contribution in [0.5, 0.6) is 0 Å². The zero-order chi connectivity index (χ0) is 14.8. The van der Waals surface area contributed by atoms with Crippen LogP contribution in [0.25, 0.3) is 0 Å². The second kappa shape index (κ2) is 5.82. The number of amides is 1. The fraction of sp³-hybridized carbons (Fsp3) is 0.938. The van der Waals surface area contributed by atoms with Crippen molar-refractivity contribution in [3.8, 4) is 0 Å². The van der Waals surface area contributed by atoms with Crippen molar-refractivity contribution in [2.24, 2.45) is 23.0 Å². The predicted molar refractivity (Wildman–Crippen MR) is 80.8 cm³/mol. The minimum Gasteiger partial charge on any atom is -0.353 e. The third-order valence-electron chi connectivity index (χ3n) is 5.17. The van der Waals surface area contributed by atoms with E-state index in [4.69, 9.17) is 5.73 Å². The van der Waals surface area contributed by atoms with E-state index < -0.39 is 11.0 Å². The molecule has 0 aromatic rings. The van der Waals surface area contributed by atoms with Crippen LogP contribution >= 0.6 is 0 Å². The SMILES string of the molecule is CC(C)C1CCCCC1NC(=O)C(C)(C)C(C)(C)N. The van der Waals surface area contributed by atoms with Gasteiger partial charge in [0.1, 0.15) is 0 Å². The van der Waals surface area contributed by atoms with Gasteiger partial charge in [-0.05, 0) is 52.4 Å². The molecule has 19 heavy (non-hydrogen) atoms. The lowest BCUT2D eigenvalue weighted by atomic mass is 9.73. The Bertz CT molecular complexity index is 315. The Morgan fingerprint density at radius 2 is 1.68 bits per heavy atom. The van der Waals surface area contributed by atoms with E-state index in [0.29, 0.717) is 17.9 Å². The predicted octanol–water partition coefficient (Wildman–Crippen LogP) is 3.08. The summed E-state index contributed by atoms with van der Waals surface area (Å²) in [5.41, 5.74) is 5.09. The molecule has 1 aliphatic rings. The van der Waals surface area contributed by atoms with Crippen LogP contribution in [-0.4, -0.2) is 17.5 Å². The molecule has 1 fully saturated rings. The molecule has 0 spiro atoms. The van der Waals surface area contributed by atoms with E-state index in [1.165, 1.54) is 19.3 Å². The van der Waals surface area contributed by atoms with Gasteiger partial charge >= 0.3 is 0 Å². The number of nitrogens with two attached hydrogens (primary N) is 1. The van der Waals surface area contributed by atoms with E-state index in [9.17, 15) is 4.79 Å². The molecule has 3 N–H and O–H groups in total. The van der Waals surface area contributed by atoms with Crippen LogP contribution in [0, 0.1) is 17.3 Å². The molecule has 3 nitrogen and oxygen atoms in total. The number of carbonyl (C=O) groups is 1. The molecule has 0 saturated heterocycles. The maximum absolute atomic E-state index is 12.6. The van der Waals surface area contributed by atoms with Gasteiger partial charge in [0.2, 0.25) is 5.91 Å². The molecule has 112 valence electrons. The monoisotopic (exact) mass is 268 g/mol. The Labute approximate surface area is 118 Å². The average Bonchev–Trinajstić information content (AvgIpc) is 2.27. The number of hydrogen-bond acceptors (Lipinski definition) is 2. The van der Waals surface area contributed by atoms with Crippen molar-refractivity contribution in [2.75, 3.05) is 0 Å². The van der Waals surface area contributed by atoms with E-state index in [-0.39, 0.29) is 5.91 Å². The zero-order valence-corrected chi connectivity index (χ0v) is 13.5. The van der Waals surface area contributed by atoms with E-state index in [0.717, 1.165) is 6.42 Å². The molecule has 3 heteroatoms. The molecule has 0 radical (unpaired) electrons. The summed E-state index contributed by atoms with van der Waals surface area (Å²) in [6, 6.07) is 0.322. The van der Waals surface area contributed by atoms with Crippen molar-refractivity contribution in [3.63, 3.8) is 0 Å². The lowest BCUT2D eigenvalue weighted by Crippen LogP contribution is -2.58. The quantitative estimate of drug-likeness (QED) is 0.823. The second-order valence-electron chi connectivity index (χ2n) is 7.62. The molecule has 1 saturated carbocycles. The van der Waals surface area contributed by atoms with Crippen molar-refractivity contribution >= 4 is 5.91 Å². The average molecular weight is 268 g/mol. The summed E-state index contributed by atoms with van der Waals surface area (Å²) in [5.74, 6) is 1.33. The highest BCUT2D eigenvalue weighted by atomic mass is 16.2. The van der Waals surface area contributed by atoms with Crippen molar-refractivity contribution in [3.05, 3.63) is 0 Å². The van der Waals surface area contributed by atoms with Crippen LogP contribution < -0.4 is 11.1 Å². The maximum atomic E-state index is 12.6. The Morgan fingerprint density at radius 3 is 2.16 bits per heavy atom. The molecule has 0 heterocycles. The van der Waals surface area contributed by atoms with E-state index in [2.05, 4.69) is 19.2 Å². The highest BCUT2D eigenvalue weighted by Crippen LogP contribution is 2.33. The molecule has 1 aliphatic carbocycles. The van der Waals surface area contributed by atoms with Crippen molar-refractivity contribution < 1.29 is 4.79 Å². The summed E-state index contributed by atoms with van der Waals surface area (Å²) in [6.45, 7) is 12.2. The molecule has 0 aliphatic heterocycles. The zero-order valence-electron chi connectivity index (χ0n) is 13.5. The minimum absolute atomic E-state index is 0.0950. The summed E-state index contributed by atoms with van der Waals surface area (Å²) in [5, 5.41) is 3.28. The number of rotatable bonds is 4. The van der Waals surface area contributed by atoms with Crippen LogP contribution in [0.3, 0.4) is 0 Å². The maximum Gasteiger partial charge on any atom is 0.227 e. The lowest BCUT2D eigenvalue weighted by Gasteiger charge is -2.41. The third kappa shape index (κ3) is 3.71. The lowest BCUT2D eigenvalue weighted by molar-refractivity contribution is -0.133. The smallest absolute Gasteiger partial charge is 0.227 e. The molecular weight excluding hydrogens is 236 g/mol. The van der Waals surface area contributed by atoms with Crippen LogP contribution in [0.15, 0.2) is 0 Å². The van der Waals surface area contributed by atoms with Crippen molar-refractivity contribution in [2.45, 2.75) is 78.8 Å². The Balaban J connectivity index is 2.75. The second-order valence-corrected chi connectivity index (χ2v) is 7.62. The van der Waals surface area contributed by atoms with Crippen molar-refractivity contribution in [1.29, 1.82) is 0 Å². The minimum atomic E-state index is -0.550. The Hall–Kier alpha value is -0.570. The highest BCUT2D eigenvalue weighted by Gasteiger charge is 2.42. The first-order valence-electron chi connectivity index (χ1n) is 7.67. The molecule has 2 atom stereocenters. The van der Waals surface area contributed by atoms with Crippen LogP contribution in [0.1, 0.15) is 67.2 Å². The molecule has 0 aromatic carbocycles. The first-order valence-corrected chi connectivity index (χ1v) is 7.67. The highest BCUT2D eigenvalue weighted by molar-refractivity contribution is 5.83. The van der Waals surface area contributed by atoms with E-state index in [1.54, 1.807) is 0 Å². The van der Waals surface area contributed by atoms with Crippen LogP contribution in [-0.2, 0) is 4.79 Å². The Kier molecular flexibility index (Phi) is 5.05. The largest absolute Gasteiger partial charge is 0.353 e. The van der Waals surface area contributed by atoms with Gasteiger partial charge in [0.25, 0.3) is 0 Å². The number of carbonyl (C=O) groups excluding carboxylic acids is 1. The summed E-state index contributed by atoms with van der Waals surface area (Å²) in [4.78, 5) is 12.6. The molecule has 1 amide bonds.